The lowest BCUT2D eigenvalue weighted by Crippen LogP contribution is -2.26. The Kier molecular flexibility index (Phi) is 5.59. The van der Waals surface area contributed by atoms with Crippen LogP contribution in [0, 0.1) is 17.8 Å². The Labute approximate surface area is 90.5 Å². The van der Waals surface area contributed by atoms with E-state index in [0.29, 0.717) is 0 Å². The maximum atomic E-state index is 2.39. The first kappa shape index (κ1) is 12.1. The Bertz CT molecular complexity index is 139. The Morgan fingerprint density at radius 3 is 2.36 bits per heavy atom. The molecule has 3 unspecified atom stereocenters. The standard InChI is InChI=1S/C14H28/c1-4-9-12(5-2)14-11-8-7-10-13(14)6-3/h12-14H,4-11H2,1-3H3. The molecule has 0 radical (unpaired) electrons. The summed E-state index contributed by atoms with van der Waals surface area (Å²) in [6, 6.07) is 0. The fourth-order valence-corrected chi connectivity index (χ4v) is 3.46. The molecule has 0 aromatic carbocycles. The van der Waals surface area contributed by atoms with Gasteiger partial charge >= 0.3 is 0 Å². The van der Waals surface area contributed by atoms with Gasteiger partial charge in [0.1, 0.15) is 0 Å². The summed E-state index contributed by atoms with van der Waals surface area (Å²) < 4.78 is 0. The van der Waals surface area contributed by atoms with E-state index in [2.05, 4.69) is 20.8 Å². The minimum atomic E-state index is 1.03. The topological polar surface area (TPSA) is 0 Å². The van der Waals surface area contributed by atoms with Crippen molar-refractivity contribution < 1.29 is 0 Å². The zero-order valence-corrected chi connectivity index (χ0v) is 10.4. The van der Waals surface area contributed by atoms with Gasteiger partial charge in [-0.2, -0.15) is 0 Å². The van der Waals surface area contributed by atoms with E-state index in [9.17, 15) is 0 Å². The van der Waals surface area contributed by atoms with Gasteiger partial charge < -0.3 is 0 Å². The van der Waals surface area contributed by atoms with Crippen LogP contribution in [0.1, 0.15) is 72.1 Å². The summed E-state index contributed by atoms with van der Waals surface area (Å²) in [7, 11) is 0. The molecule has 0 nitrogen and oxygen atoms in total. The molecule has 0 bridgehead atoms. The molecule has 1 fully saturated rings. The second-order valence-corrected chi connectivity index (χ2v) is 5.07. The van der Waals surface area contributed by atoms with Gasteiger partial charge in [0, 0.05) is 0 Å². The molecular formula is C14H28. The van der Waals surface area contributed by atoms with Gasteiger partial charge in [0.15, 0.2) is 0 Å². The van der Waals surface area contributed by atoms with Crippen LogP contribution in [0.25, 0.3) is 0 Å². The van der Waals surface area contributed by atoms with Crippen molar-refractivity contribution >= 4 is 0 Å². The van der Waals surface area contributed by atoms with Crippen molar-refractivity contribution in [3.63, 3.8) is 0 Å². The Morgan fingerprint density at radius 1 is 1.07 bits per heavy atom. The van der Waals surface area contributed by atoms with Crippen LogP contribution in [0.15, 0.2) is 0 Å². The van der Waals surface area contributed by atoms with Gasteiger partial charge in [-0.1, -0.05) is 65.7 Å². The zero-order valence-electron chi connectivity index (χ0n) is 10.4. The molecule has 0 saturated heterocycles. The molecule has 0 heteroatoms. The first-order valence-corrected chi connectivity index (χ1v) is 6.83. The highest BCUT2D eigenvalue weighted by atomic mass is 14.3. The van der Waals surface area contributed by atoms with E-state index in [4.69, 9.17) is 0 Å². The van der Waals surface area contributed by atoms with Crippen LogP contribution in [0.2, 0.25) is 0 Å². The summed E-state index contributed by atoms with van der Waals surface area (Å²) in [4.78, 5) is 0. The fourth-order valence-electron chi connectivity index (χ4n) is 3.46. The lowest BCUT2D eigenvalue weighted by atomic mass is 9.69. The minimum absolute atomic E-state index is 1.03. The molecule has 0 aromatic heterocycles. The van der Waals surface area contributed by atoms with Crippen molar-refractivity contribution in [2.75, 3.05) is 0 Å². The van der Waals surface area contributed by atoms with Crippen molar-refractivity contribution in [3.05, 3.63) is 0 Å². The Hall–Kier alpha value is 0. The van der Waals surface area contributed by atoms with Crippen LogP contribution < -0.4 is 0 Å². The zero-order chi connectivity index (χ0) is 10.4. The van der Waals surface area contributed by atoms with Gasteiger partial charge in [0.25, 0.3) is 0 Å². The average Bonchev–Trinajstić information content (AvgIpc) is 2.26. The van der Waals surface area contributed by atoms with Crippen LogP contribution >= 0.6 is 0 Å². The third-order valence-electron chi connectivity index (χ3n) is 4.28. The summed E-state index contributed by atoms with van der Waals surface area (Å²) in [6.45, 7) is 7.12. The molecular weight excluding hydrogens is 168 g/mol. The molecule has 0 aromatic rings. The third-order valence-corrected chi connectivity index (χ3v) is 4.28. The molecule has 1 aliphatic carbocycles. The van der Waals surface area contributed by atoms with E-state index < -0.39 is 0 Å². The second kappa shape index (κ2) is 6.48. The highest BCUT2D eigenvalue weighted by Crippen LogP contribution is 2.39. The summed E-state index contributed by atoms with van der Waals surface area (Å²) in [5.74, 6) is 3.16. The molecule has 0 spiro atoms. The Morgan fingerprint density at radius 2 is 1.79 bits per heavy atom. The lowest BCUT2D eigenvalue weighted by Gasteiger charge is -2.36. The summed E-state index contributed by atoms with van der Waals surface area (Å²) in [5, 5.41) is 0. The van der Waals surface area contributed by atoms with Crippen molar-refractivity contribution in [2.45, 2.75) is 72.1 Å². The van der Waals surface area contributed by atoms with Crippen LogP contribution in [-0.4, -0.2) is 0 Å². The third kappa shape index (κ3) is 3.00. The van der Waals surface area contributed by atoms with Gasteiger partial charge in [-0.25, -0.2) is 0 Å². The predicted molar refractivity (Wildman–Crippen MR) is 64.4 cm³/mol. The predicted octanol–water partition coefficient (Wildman–Crippen LogP) is 5.03. The van der Waals surface area contributed by atoms with Crippen molar-refractivity contribution in [1.29, 1.82) is 0 Å². The molecule has 1 aliphatic rings. The molecule has 1 rings (SSSR count). The van der Waals surface area contributed by atoms with Gasteiger partial charge in [-0.15, -0.1) is 0 Å². The maximum absolute atomic E-state index is 2.39. The highest BCUT2D eigenvalue weighted by Gasteiger charge is 2.28. The van der Waals surface area contributed by atoms with Crippen molar-refractivity contribution in [3.8, 4) is 0 Å². The first-order valence-electron chi connectivity index (χ1n) is 6.83. The molecule has 84 valence electrons. The van der Waals surface area contributed by atoms with Crippen LogP contribution in [0.5, 0.6) is 0 Å². The maximum Gasteiger partial charge on any atom is -0.0358 e. The van der Waals surface area contributed by atoms with E-state index >= 15 is 0 Å². The van der Waals surface area contributed by atoms with E-state index in [1.54, 1.807) is 0 Å². The number of rotatable bonds is 5. The molecule has 0 heterocycles. The highest BCUT2D eigenvalue weighted by molar-refractivity contribution is 4.79. The van der Waals surface area contributed by atoms with E-state index in [-0.39, 0.29) is 0 Å². The summed E-state index contributed by atoms with van der Waals surface area (Å²) in [6.07, 6.45) is 11.7. The summed E-state index contributed by atoms with van der Waals surface area (Å²) >= 11 is 0. The Balaban J connectivity index is 2.51. The monoisotopic (exact) mass is 196 g/mol. The van der Waals surface area contributed by atoms with Gasteiger partial charge in [0.05, 0.1) is 0 Å². The molecule has 0 N–H and O–H groups in total. The smallest absolute Gasteiger partial charge is 0.0358 e. The number of hydrogen-bond acceptors (Lipinski definition) is 0. The van der Waals surface area contributed by atoms with Crippen molar-refractivity contribution in [1.82, 2.24) is 0 Å². The van der Waals surface area contributed by atoms with Crippen LogP contribution in [-0.2, 0) is 0 Å². The van der Waals surface area contributed by atoms with Gasteiger partial charge in [-0.05, 0) is 24.2 Å². The molecule has 0 aliphatic heterocycles. The number of hydrogen-bond donors (Lipinski definition) is 0. The lowest BCUT2D eigenvalue weighted by molar-refractivity contribution is 0.144. The summed E-state index contributed by atoms with van der Waals surface area (Å²) in [5.41, 5.74) is 0. The second-order valence-electron chi connectivity index (χ2n) is 5.07. The molecule has 14 heavy (non-hydrogen) atoms. The molecule has 1 saturated carbocycles. The van der Waals surface area contributed by atoms with Crippen LogP contribution in [0.4, 0.5) is 0 Å². The SMILES string of the molecule is CCCC(CC)C1CCCCC1CC. The van der Waals surface area contributed by atoms with Gasteiger partial charge in [0.2, 0.25) is 0 Å². The van der Waals surface area contributed by atoms with E-state index in [1.165, 1.54) is 51.4 Å². The first-order chi connectivity index (χ1) is 6.83. The van der Waals surface area contributed by atoms with Crippen molar-refractivity contribution in [2.24, 2.45) is 17.8 Å². The normalized spacial score (nSPS) is 30.2. The van der Waals surface area contributed by atoms with E-state index in [1.807, 2.05) is 0 Å². The fraction of sp³-hybridized carbons (Fsp3) is 1.00. The molecule has 0 amide bonds. The quantitative estimate of drug-likeness (QED) is 0.578. The average molecular weight is 196 g/mol. The molecule has 3 atom stereocenters. The van der Waals surface area contributed by atoms with E-state index in [0.717, 1.165) is 17.8 Å². The minimum Gasteiger partial charge on any atom is -0.0654 e. The van der Waals surface area contributed by atoms with Gasteiger partial charge in [-0.3, -0.25) is 0 Å². The van der Waals surface area contributed by atoms with Crippen LogP contribution in [0.3, 0.4) is 0 Å². The largest absolute Gasteiger partial charge is 0.0654 e.